The molecule has 0 saturated heterocycles. The molecule has 0 aliphatic heterocycles. The molecule has 0 spiro atoms. The minimum Gasteiger partial charge on any atom is -0.480 e. The summed E-state index contributed by atoms with van der Waals surface area (Å²) in [5.74, 6) is -1.02. The maximum Gasteiger partial charge on any atom is 0.323 e. The van der Waals surface area contributed by atoms with Gasteiger partial charge < -0.3 is 15.3 Å². The van der Waals surface area contributed by atoms with Crippen LogP contribution in [0, 0.1) is 13.8 Å². The Morgan fingerprint density at radius 3 is 2.47 bits per heavy atom. The summed E-state index contributed by atoms with van der Waals surface area (Å²) in [5.41, 5.74) is 2.81. The molecule has 1 heterocycles. The van der Waals surface area contributed by atoms with Crippen molar-refractivity contribution >= 4 is 12.0 Å². The van der Waals surface area contributed by atoms with Crippen LogP contribution in [0.3, 0.4) is 0 Å². The first-order chi connectivity index (χ1) is 8.86. The number of nitrogens with zero attached hydrogens (tertiary/aromatic N) is 3. The van der Waals surface area contributed by atoms with Crippen molar-refractivity contribution in [2.24, 2.45) is 7.05 Å². The first-order valence-electron chi connectivity index (χ1n) is 6.10. The molecule has 0 aromatic carbocycles. The van der Waals surface area contributed by atoms with Gasteiger partial charge in [-0.15, -0.1) is 0 Å². The summed E-state index contributed by atoms with van der Waals surface area (Å²) in [6.45, 7) is 5.94. The lowest BCUT2D eigenvalue weighted by atomic mass is 10.2. The van der Waals surface area contributed by atoms with Crippen LogP contribution in [0.25, 0.3) is 0 Å². The lowest BCUT2D eigenvalue weighted by molar-refractivity contribution is -0.137. The Kier molecular flexibility index (Phi) is 4.91. The van der Waals surface area contributed by atoms with Crippen molar-refractivity contribution in [2.45, 2.75) is 27.3 Å². The van der Waals surface area contributed by atoms with Crippen molar-refractivity contribution in [3.8, 4) is 0 Å². The number of aliphatic carboxylic acids is 1. The van der Waals surface area contributed by atoms with E-state index in [9.17, 15) is 9.59 Å². The van der Waals surface area contributed by atoms with Gasteiger partial charge in [-0.2, -0.15) is 5.10 Å². The minimum atomic E-state index is -1.02. The molecule has 0 bridgehead atoms. The van der Waals surface area contributed by atoms with Crippen molar-refractivity contribution in [3.05, 3.63) is 17.0 Å². The Bertz CT molecular complexity index is 482. The van der Waals surface area contributed by atoms with Gasteiger partial charge in [0.1, 0.15) is 6.54 Å². The predicted octanol–water partition coefficient (Wildman–Crippen LogP) is 0.653. The van der Waals surface area contributed by atoms with Crippen molar-refractivity contribution in [3.63, 3.8) is 0 Å². The summed E-state index contributed by atoms with van der Waals surface area (Å²) in [5, 5.41) is 15.7. The SMILES string of the molecule is CCN(CC(=O)O)C(=O)NCc1c(C)nn(C)c1C. The Balaban J connectivity index is 2.65. The van der Waals surface area contributed by atoms with Gasteiger partial charge in [-0.05, 0) is 20.8 Å². The average Bonchev–Trinajstić information content (AvgIpc) is 2.57. The zero-order valence-corrected chi connectivity index (χ0v) is 11.7. The normalized spacial score (nSPS) is 10.3. The van der Waals surface area contributed by atoms with Crippen molar-refractivity contribution in [1.82, 2.24) is 20.0 Å². The predicted molar refractivity (Wildman–Crippen MR) is 69.8 cm³/mol. The van der Waals surface area contributed by atoms with Crippen LogP contribution in [0.15, 0.2) is 0 Å². The highest BCUT2D eigenvalue weighted by Crippen LogP contribution is 2.11. The number of aromatic nitrogens is 2. The number of likely N-dealkylation sites (N-methyl/N-ethyl adjacent to an activating group) is 1. The van der Waals surface area contributed by atoms with Gasteiger partial charge in [0, 0.05) is 31.4 Å². The van der Waals surface area contributed by atoms with Gasteiger partial charge >= 0.3 is 12.0 Å². The van der Waals surface area contributed by atoms with E-state index in [4.69, 9.17) is 5.11 Å². The minimum absolute atomic E-state index is 0.298. The van der Waals surface area contributed by atoms with E-state index in [1.165, 1.54) is 4.90 Å². The highest BCUT2D eigenvalue weighted by molar-refractivity contribution is 5.80. The summed E-state index contributed by atoms with van der Waals surface area (Å²) in [6, 6.07) is -0.382. The molecule has 7 heteroatoms. The molecule has 0 saturated carbocycles. The molecule has 1 aromatic rings. The fraction of sp³-hybridized carbons (Fsp3) is 0.583. The van der Waals surface area contributed by atoms with Crippen LogP contribution in [0.2, 0.25) is 0 Å². The Hall–Kier alpha value is -2.05. The van der Waals surface area contributed by atoms with Crippen LogP contribution in [0.4, 0.5) is 4.79 Å². The number of carbonyl (C=O) groups is 2. The smallest absolute Gasteiger partial charge is 0.323 e. The molecule has 0 radical (unpaired) electrons. The van der Waals surface area contributed by atoms with E-state index in [0.717, 1.165) is 17.0 Å². The van der Waals surface area contributed by atoms with Crippen molar-refractivity contribution < 1.29 is 14.7 Å². The monoisotopic (exact) mass is 268 g/mol. The largest absolute Gasteiger partial charge is 0.480 e. The topological polar surface area (TPSA) is 87.5 Å². The zero-order valence-electron chi connectivity index (χ0n) is 11.7. The molecule has 106 valence electrons. The fourth-order valence-electron chi connectivity index (χ4n) is 1.84. The average molecular weight is 268 g/mol. The second kappa shape index (κ2) is 6.21. The quantitative estimate of drug-likeness (QED) is 0.821. The number of hydrogen-bond acceptors (Lipinski definition) is 3. The lowest BCUT2D eigenvalue weighted by Gasteiger charge is -2.19. The van der Waals surface area contributed by atoms with Crippen molar-refractivity contribution in [1.29, 1.82) is 0 Å². The van der Waals surface area contributed by atoms with E-state index < -0.39 is 5.97 Å². The highest BCUT2D eigenvalue weighted by Gasteiger charge is 2.16. The Labute approximate surface area is 112 Å². The third-order valence-electron chi connectivity index (χ3n) is 3.07. The molecule has 2 N–H and O–H groups in total. The number of carboxylic acids is 1. The van der Waals surface area contributed by atoms with Crippen molar-refractivity contribution in [2.75, 3.05) is 13.1 Å². The molecule has 0 atom stereocenters. The number of carboxylic acid groups (broad SMARTS) is 1. The second-order valence-electron chi connectivity index (χ2n) is 4.34. The van der Waals surface area contributed by atoms with E-state index in [1.807, 2.05) is 20.9 Å². The molecule has 0 fully saturated rings. The fourth-order valence-corrected chi connectivity index (χ4v) is 1.84. The Morgan fingerprint density at radius 2 is 2.05 bits per heavy atom. The molecule has 19 heavy (non-hydrogen) atoms. The van der Waals surface area contributed by atoms with Gasteiger partial charge in [0.15, 0.2) is 0 Å². The zero-order chi connectivity index (χ0) is 14.6. The Morgan fingerprint density at radius 1 is 1.42 bits per heavy atom. The van der Waals surface area contributed by atoms with Gasteiger partial charge in [0.2, 0.25) is 0 Å². The summed E-state index contributed by atoms with van der Waals surface area (Å²) < 4.78 is 1.76. The van der Waals surface area contributed by atoms with Gasteiger partial charge in [0.05, 0.1) is 5.69 Å². The van der Waals surface area contributed by atoms with E-state index in [1.54, 1.807) is 11.6 Å². The molecule has 1 aromatic heterocycles. The molecule has 0 unspecified atom stereocenters. The molecule has 2 amide bonds. The number of rotatable bonds is 5. The van der Waals surface area contributed by atoms with E-state index in [0.29, 0.717) is 13.1 Å². The molecule has 0 aliphatic carbocycles. The first-order valence-corrected chi connectivity index (χ1v) is 6.10. The summed E-state index contributed by atoms with van der Waals surface area (Å²) in [6.07, 6.45) is 0. The summed E-state index contributed by atoms with van der Waals surface area (Å²) in [4.78, 5) is 23.7. The number of urea groups is 1. The summed E-state index contributed by atoms with van der Waals surface area (Å²) in [7, 11) is 1.84. The molecule has 0 aliphatic rings. The number of nitrogens with one attached hydrogen (secondary N) is 1. The number of carbonyl (C=O) groups excluding carboxylic acids is 1. The third-order valence-corrected chi connectivity index (χ3v) is 3.07. The molecular weight excluding hydrogens is 248 g/mol. The molecule has 1 rings (SSSR count). The van der Waals surface area contributed by atoms with Crippen LogP contribution < -0.4 is 5.32 Å². The molecular formula is C12H20N4O3. The van der Waals surface area contributed by atoms with Gasteiger partial charge in [0.25, 0.3) is 0 Å². The number of hydrogen-bond donors (Lipinski definition) is 2. The first kappa shape index (κ1) is 15.0. The van der Waals surface area contributed by atoms with E-state index in [-0.39, 0.29) is 12.6 Å². The molecule has 7 nitrogen and oxygen atoms in total. The lowest BCUT2D eigenvalue weighted by Crippen LogP contribution is -2.42. The third kappa shape index (κ3) is 3.70. The maximum atomic E-state index is 11.8. The number of amides is 2. The van der Waals surface area contributed by atoms with Crippen LogP contribution in [-0.2, 0) is 18.4 Å². The van der Waals surface area contributed by atoms with Gasteiger partial charge in [-0.3, -0.25) is 9.48 Å². The highest BCUT2D eigenvalue weighted by atomic mass is 16.4. The van der Waals surface area contributed by atoms with E-state index >= 15 is 0 Å². The standard InChI is InChI=1S/C12H20N4O3/c1-5-16(7-11(17)18)12(19)13-6-10-8(2)14-15(4)9(10)3/h5-7H2,1-4H3,(H,13,19)(H,17,18). The number of aryl methyl sites for hydroxylation is 2. The van der Waals surface area contributed by atoms with Crippen LogP contribution in [-0.4, -0.2) is 44.9 Å². The second-order valence-corrected chi connectivity index (χ2v) is 4.34. The van der Waals surface area contributed by atoms with E-state index in [2.05, 4.69) is 10.4 Å². The van der Waals surface area contributed by atoms with Gasteiger partial charge in [-0.1, -0.05) is 0 Å². The maximum absolute atomic E-state index is 11.8. The van der Waals surface area contributed by atoms with Crippen LogP contribution in [0.5, 0.6) is 0 Å². The van der Waals surface area contributed by atoms with Crippen LogP contribution in [0.1, 0.15) is 23.9 Å². The summed E-state index contributed by atoms with van der Waals surface area (Å²) >= 11 is 0. The van der Waals surface area contributed by atoms with Crippen LogP contribution >= 0.6 is 0 Å². The van der Waals surface area contributed by atoms with Gasteiger partial charge in [-0.25, -0.2) is 4.79 Å².